The second kappa shape index (κ2) is 7.21. The average Bonchev–Trinajstić information content (AvgIpc) is 2.39. The summed E-state index contributed by atoms with van der Waals surface area (Å²) in [5, 5.41) is 3.12. The van der Waals surface area contributed by atoms with E-state index in [1.54, 1.807) is 4.90 Å². The van der Waals surface area contributed by atoms with E-state index in [2.05, 4.69) is 5.32 Å². The van der Waals surface area contributed by atoms with Crippen LogP contribution >= 0.6 is 12.4 Å². The molecule has 1 N–H and O–H groups in total. The first-order chi connectivity index (χ1) is 8.68. The average molecular weight is 289 g/mol. The molecule has 1 aromatic rings. The quantitative estimate of drug-likeness (QED) is 0.842. The van der Waals surface area contributed by atoms with Crippen molar-refractivity contribution in [2.75, 3.05) is 26.2 Å². The number of carbonyl (C=O) groups is 1. The minimum atomic E-state index is -0.667. The molecule has 1 amide bonds. The predicted molar refractivity (Wildman–Crippen MR) is 72.1 cm³/mol. The number of nitrogens with one attached hydrogen (secondary N) is 1. The molecule has 1 aliphatic rings. The van der Waals surface area contributed by atoms with Gasteiger partial charge in [-0.2, -0.15) is 0 Å². The molecule has 2 rings (SSSR count). The van der Waals surface area contributed by atoms with Gasteiger partial charge in [-0.1, -0.05) is 6.07 Å². The summed E-state index contributed by atoms with van der Waals surface area (Å²) in [6, 6.07) is 3.62. The first-order valence-corrected chi connectivity index (χ1v) is 5.80. The van der Waals surface area contributed by atoms with Crippen molar-refractivity contribution in [3.8, 4) is 0 Å². The highest BCUT2D eigenvalue weighted by Crippen LogP contribution is 2.13. The van der Waals surface area contributed by atoms with Crippen molar-refractivity contribution in [3.05, 3.63) is 41.5 Å². The van der Waals surface area contributed by atoms with Crippen molar-refractivity contribution in [2.24, 2.45) is 0 Å². The Labute approximate surface area is 116 Å². The number of carbonyl (C=O) groups excluding carboxylic acids is 1. The number of amides is 1. The summed E-state index contributed by atoms with van der Waals surface area (Å²) in [4.78, 5) is 13.4. The highest BCUT2D eigenvalue weighted by atomic mass is 35.5. The van der Waals surface area contributed by atoms with E-state index in [1.807, 2.05) is 0 Å². The summed E-state index contributed by atoms with van der Waals surface area (Å²) in [5.74, 6) is -1.56. The van der Waals surface area contributed by atoms with Gasteiger partial charge in [-0.3, -0.25) is 4.79 Å². The van der Waals surface area contributed by atoms with Gasteiger partial charge in [0.1, 0.15) is 11.6 Å². The van der Waals surface area contributed by atoms with Crippen molar-refractivity contribution < 1.29 is 13.6 Å². The van der Waals surface area contributed by atoms with Gasteiger partial charge in [0.15, 0.2) is 0 Å². The van der Waals surface area contributed by atoms with E-state index in [0.717, 1.165) is 25.2 Å². The zero-order valence-corrected chi connectivity index (χ0v) is 11.1. The van der Waals surface area contributed by atoms with Crippen LogP contribution in [0, 0.1) is 11.6 Å². The molecule has 0 spiro atoms. The molecule has 104 valence electrons. The van der Waals surface area contributed by atoms with Gasteiger partial charge in [0.05, 0.1) is 0 Å². The lowest BCUT2D eigenvalue weighted by molar-refractivity contribution is -0.126. The Balaban J connectivity index is 0.00000180. The molecular weight excluding hydrogens is 274 g/mol. The summed E-state index contributed by atoms with van der Waals surface area (Å²) in [6.07, 6.45) is 2.40. The topological polar surface area (TPSA) is 32.3 Å². The van der Waals surface area contributed by atoms with Crippen LogP contribution in [0.2, 0.25) is 0 Å². The van der Waals surface area contributed by atoms with Gasteiger partial charge >= 0.3 is 0 Å². The summed E-state index contributed by atoms with van der Waals surface area (Å²) in [6.45, 7) is 2.72. The largest absolute Gasteiger partial charge is 0.337 e. The lowest BCUT2D eigenvalue weighted by Crippen LogP contribution is -2.45. The Morgan fingerprint density at radius 1 is 1.21 bits per heavy atom. The van der Waals surface area contributed by atoms with E-state index in [1.165, 1.54) is 18.2 Å². The van der Waals surface area contributed by atoms with Gasteiger partial charge in [-0.05, 0) is 18.2 Å². The highest BCUT2D eigenvalue weighted by Gasteiger charge is 2.13. The molecule has 1 aliphatic heterocycles. The third-order valence-corrected chi connectivity index (χ3v) is 2.82. The minimum absolute atomic E-state index is 0. The molecule has 0 aliphatic carbocycles. The van der Waals surface area contributed by atoms with Crippen LogP contribution in [0.3, 0.4) is 0 Å². The fourth-order valence-corrected chi connectivity index (χ4v) is 1.82. The minimum Gasteiger partial charge on any atom is -0.337 e. The Bertz CT molecular complexity index is 453. The zero-order chi connectivity index (χ0) is 13.0. The number of rotatable bonds is 2. The standard InChI is InChI=1S/C13H14F2N2O.ClH/c14-11-2-1-3-12(15)10(11)4-5-13(18)17-8-6-16-7-9-17;/h1-5,16H,6-9H2;1H. The summed E-state index contributed by atoms with van der Waals surface area (Å²) >= 11 is 0. The fraction of sp³-hybridized carbons (Fsp3) is 0.308. The Hall–Kier alpha value is -1.46. The van der Waals surface area contributed by atoms with E-state index in [-0.39, 0.29) is 23.9 Å². The summed E-state index contributed by atoms with van der Waals surface area (Å²) in [7, 11) is 0. The molecule has 0 unspecified atom stereocenters. The van der Waals surface area contributed by atoms with Crippen LogP contribution in [-0.2, 0) is 4.79 Å². The SMILES string of the molecule is Cl.O=C(C=Cc1c(F)cccc1F)N1CCNCC1. The molecule has 0 atom stereocenters. The summed E-state index contributed by atoms with van der Waals surface area (Å²) in [5.41, 5.74) is -0.180. The van der Waals surface area contributed by atoms with E-state index >= 15 is 0 Å². The molecule has 0 aromatic heterocycles. The molecule has 19 heavy (non-hydrogen) atoms. The number of halogens is 3. The maximum Gasteiger partial charge on any atom is 0.246 e. The smallest absolute Gasteiger partial charge is 0.246 e. The van der Waals surface area contributed by atoms with Crippen LogP contribution in [0.5, 0.6) is 0 Å². The van der Waals surface area contributed by atoms with Crippen molar-refractivity contribution in [1.82, 2.24) is 10.2 Å². The van der Waals surface area contributed by atoms with Crippen LogP contribution < -0.4 is 5.32 Å². The predicted octanol–water partition coefficient (Wildman–Crippen LogP) is 1.83. The zero-order valence-electron chi connectivity index (χ0n) is 10.2. The fourth-order valence-electron chi connectivity index (χ4n) is 1.82. The van der Waals surface area contributed by atoms with Crippen LogP contribution in [0.4, 0.5) is 8.78 Å². The van der Waals surface area contributed by atoms with Gasteiger partial charge in [0, 0.05) is 37.8 Å². The molecule has 1 aromatic carbocycles. The molecule has 1 fully saturated rings. The highest BCUT2D eigenvalue weighted by molar-refractivity contribution is 5.91. The van der Waals surface area contributed by atoms with E-state index in [0.29, 0.717) is 13.1 Å². The molecular formula is C13H15ClF2N2O. The normalized spacial score (nSPS) is 15.4. The molecule has 0 saturated carbocycles. The number of hydrogen-bond donors (Lipinski definition) is 1. The molecule has 1 heterocycles. The number of benzene rings is 1. The van der Waals surface area contributed by atoms with Crippen molar-refractivity contribution in [2.45, 2.75) is 0 Å². The molecule has 1 saturated heterocycles. The lowest BCUT2D eigenvalue weighted by Gasteiger charge is -2.26. The molecule has 3 nitrogen and oxygen atoms in total. The van der Waals surface area contributed by atoms with Gasteiger partial charge in [0.25, 0.3) is 0 Å². The molecule has 6 heteroatoms. The molecule has 0 bridgehead atoms. The van der Waals surface area contributed by atoms with Crippen LogP contribution in [0.1, 0.15) is 5.56 Å². The second-order valence-corrected chi connectivity index (χ2v) is 4.04. The lowest BCUT2D eigenvalue weighted by atomic mass is 10.2. The van der Waals surface area contributed by atoms with Crippen LogP contribution in [0.25, 0.3) is 6.08 Å². The van der Waals surface area contributed by atoms with Crippen LogP contribution in [0.15, 0.2) is 24.3 Å². The van der Waals surface area contributed by atoms with E-state index in [9.17, 15) is 13.6 Å². The van der Waals surface area contributed by atoms with Gasteiger partial charge in [-0.15, -0.1) is 12.4 Å². The first-order valence-electron chi connectivity index (χ1n) is 5.80. The van der Waals surface area contributed by atoms with Crippen molar-refractivity contribution in [1.29, 1.82) is 0 Å². The maximum atomic E-state index is 13.3. The Morgan fingerprint density at radius 2 is 1.79 bits per heavy atom. The Morgan fingerprint density at radius 3 is 2.37 bits per heavy atom. The maximum absolute atomic E-state index is 13.3. The number of hydrogen-bond acceptors (Lipinski definition) is 2. The van der Waals surface area contributed by atoms with E-state index < -0.39 is 11.6 Å². The second-order valence-electron chi connectivity index (χ2n) is 4.04. The van der Waals surface area contributed by atoms with Crippen LogP contribution in [-0.4, -0.2) is 37.0 Å². The third kappa shape index (κ3) is 4.01. The Kier molecular flexibility index (Phi) is 5.92. The third-order valence-electron chi connectivity index (χ3n) is 2.82. The number of nitrogens with zero attached hydrogens (tertiary/aromatic N) is 1. The summed E-state index contributed by atoms with van der Waals surface area (Å²) < 4.78 is 26.6. The monoisotopic (exact) mass is 288 g/mol. The van der Waals surface area contributed by atoms with Gasteiger partial charge < -0.3 is 10.2 Å². The first kappa shape index (κ1) is 15.6. The van der Waals surface area contributed by atoms with Gasteiger partial charge in [-0.25, -0.2) is 8.78 Å². The molecule has 0 radical (unpaired) electrons. The van der Waals surface area contributed by atoms with Gasteiger partial charge in [0.2, 0.25) is 5.91 Å². The van der Waals surface area contributed by atoms with Crippen molar-refractivity contribution >= 4 is 24.4 Å². The number of piperazine rings is 1. The van der Waals surface area contributed by atoms with E-state index in [4.69, 9.17) is 0 Å². The van der Waals surface area contributed by atoms with Crippen molar-refractivity contribution in [3.63, 3.8) is 0 Å².